The molecule has 3 rings (SSSR count). The lowest BCUT2D eigenvalue weighted by Crippen LogP contribution is -2.44. The molecule has 0 aromatic heterocycles. The monoisotopic (exact) mass is 340 g/mol. The van der Waals surface area contributed by atoms with E-state index in [-0.39, 0.29) is 5.91 Å². The molecule has 1 atom stereocenters. The first-order valence-electron chi connectivity index (χ1n) is 8.51. The predicted octanol–water partition coefficient (Wildman–Crippen LogP) is 3.02. The topological polar surface area (TPSA) is 50.8 Å². The van der Waals surface area contributed by atoms with Crippen molar-refractivity contribution in [2.75, 3.05) is 38.7 Å². The Labute approximate surface area is 148 Å². The van der Waals surface area contributed by atoms with Gasteiger partial charge in [0.1, 0.15) is 11.8 Å². The van der Waals surface area contributed by atoms with E-state index in [0.717, 1.165) is 22.6 Å². The number of hydrogen-bond donors (Lipinski definition) is 1. The number of benzene rings is 2. The van der Waals surface area contributed by atoms with Gasteiger partial charge in [0.05, 0.1) is 26.0 Å². The van der Waals surface area contributed by atoms with Crippen molar-refractivity contribution >= 4 is 11.6 Å². The Bertz CT molecular complexity index is 712. The molecule has 25 heavy (non-hydrogen) atoms. The number of amides is 1. The zero-order valence-electron chi connectivity index (χ0n) is 14.7. The molecule has 1 aliphatic heterocycles. The third-order valence-corrected chi connectivity index (χ3v) is 4.36. The molecule has 0 radical (unpaired) electrons. The maximum absolute atomic E-state index is 13.2. The molecule has 132 valence electrons. The fourth-order valence-corrected chi connectivity index (χ4v) is 2.99. The molecule has 1 aliphatic rings. The zero-order chi connectivity index (χ0) is 17.6. The summed E-state index contributed by atoms with van der Waals surface area (Å²) in [4.78, 5) is 15.0. The molecule has 5 heteroatoms. The number of nitrogens with zero attached hydrogens (tertiary/aromatic N) is 1. The van der Waals surface area contributed by atoms with Crippen LogP contribution in [0.1, 0.15) is 17.2 Å². The average Bonchev–Trinajstić information content (AvgIpc) is 2.67. The van der Waals surface area contributed by atoms with Gasteiger partial charge < -0.3 is 19.7 Å². The summed E-state index contributed by atoms with van der Waals surface area (Å²) in [5.41, 5.74) is 2.86. The molecule has 2 aromatic carbocycles. The molecule has 1 amide bonds. The third-order valence-electron chi connectivity index (χ3n) is 4.36. The molecular weight excluding hydrogens is 316 g/mol. The molecule has 1 heterocycles. The van der Waals surface area contributed by atoms with Gasteiger partial charge in [-0.2, -0.15) is 0 Å². The fraction of sp³-hybridized carbons (Fsp3) is 0.350. The Kier molecular flexibility index (Phi) is 5.56. The molecule has 1 fully saturated rings. The maximum atomic E-state index is 13.2. The van der Waals surface area contributed by atoms with Crippen LogP contribution < -0.4 is 10.1 Å². The van der Waals surface area contributed by atoms with E-state index >= 15 is 0 Å². The molecule has 2 aromatic rings. The van der Waals surface area contributed by atoms with Gasteiger partial charge in [0.15, 0.2) is 0 Å². The van der Waals surface area contributed by atoms with Gasteiger partial charge in [0.25, 0.3) is 0 Å². The van der Waals surface area contributed by atoms with Crippen LogP contribution in [0.15, 0.2) is 48.5 Å². The second-order valence-corrected chi connectivity index (χ2v) is 6.13. The molecule has 0 aliphatic carbocycles. The summed E-state index contributed by atoms with van der Waals surface area (Å²) in [6.07, 6.45) is 0. The van der Waals surface area contributed by atoms with Gasteiger partial charge in [-0.15, -0.1) is 0 Å². The van der Waals surface area contributed by atoms with Crippen LogP contribution in [-0.4, -0.2) is 44.2 Å². The number of morpholine rings is 1. The Hall–Kier alpha value is -2.53. The van der Waals surface area contributed by atoms with Crippen molar-refractivity contribution in [1.82, 2.24) is 4.90 Å². The minimum absolute atomic E-state index is 0.0538. The maximum Gasteiger partial charge on any atom is 0.249 e. The summed E-state index contributed by atoms with van der Waals surface area (Å²) >= 11 is 0. The fourth-order valence-electron chi connectivity index (χ4n) is 2.99. The van der Waals surface area contributed by atoms with Crippen molar-refractivity contribution in [3.63, 3.8) is 0 Å². The second-order valence-electron chi connectivity index (χ2n) is 6.13. The highest BCUT2D eigenvalue weighted by molar-refractivity contribution is 5.86. The highest BCUT2D eigenvalue weighted by Gasteiger charge is 2.27. The Balaban J connectivity index is 1.91. The molecule has 0 unspecified atom stereocenters. The highest BCUT2D eigenvalue weighted by atomic mass is 16.5. The van der Waals surface area contributed by atoms with E-state index in [9.17, 15) is 4.79 Å². The van der Waals surface area contributed by atoms with Crippen LogP contribution in [-0.2, 0) is 9.53 Å². The molecule has 0 saturated carbocycles. The summed E-state index contributed by atoms with van der Waals surface area (Å²) < 4.78 is 10.8. The molecule has 0 bridgehead atoms. The van der Waals surface area contributed by atoms with E-state index in [0.29, 0.717) is 26.3 Å². The summed E-state index contributed by atoms with van der Waals surface area (Å²) in [6, 6.07) is 15.2. The normalized spacial score (nSPS) is 15.5. The lowest BCUT2D eigenvalue weighted by Gasteiger charge is -2.31. The van der Waals surface area contributed by atoms with Gasteiger partial charge >= 0.3 is 0 Å². The number of anilines is 1. The lowest BCUT2D eigenvalue weighted by molar-refractivity contribution is -0.136. The minimum Gasteiger partial charge on any atom is -0.495 e. The van der Waals surface area contributed by atoms with Gasteiger partial charge in [-0.05, 0) is 30.2 Å². The Morgan fingerprint density at radius 2 is 1.88 bits per heavy atom. The number of carbonyl (C=O) groups excluding carboxylic acids is 1. The van der Waals surface area contributed by atoms with Gasteiger partial charge in [0.2, 0.25) is 5.91 Å². The first-order valence-corrected chi connectivity index (χ1v) is 8.51. The SMILES string of the molecule is COc1ccc(C)cc1N[C@@H](C(=O)N1CCOCC1)c1ccccc1. The first-order chi connectivity index (χ1) is 12.2. The smallest absolute Gasteiger partial charge is 0.249 e. The van der Waals surface area contributed by atoms with Crippen LogP contribution in [0.4, 0.5) is 5.69 Å². The standard InChI is InChI=1S/C20H24N2O3/c1-15-8-9-18(24-2)17(14-15)21-19(16-6-4-3-5-7-16)20(23)22-10-12-25-13-11-22/h3-9,14,19,21H,10-13H2,1-2H3/t19-/m1/s1. The van der Waals surface area contributed by atoms with Crippen molar-refractivity contribution < 1.29 is 14.3 Å². The van der Waals surface area contributed by atoms with E-state index in [1.165, 1.54) is 0 Å². The first kappa shape index (κ1) is 17.3. The molecule has 5 nitrogen and oxygen atoms in total. The number of rotatable bonds is 5. The van der Waals surface area contributed by atoms with E-state index in [4.69, 9.17) is 9.47 Å². The van der Waals surface area contributed by atoms with Crippen LogP contribution in [0.3, 0.4) is 0 Å². The lowest BCUT2D eigenvalue weighted by atomic mass is 10.0. The van der Waals surface area contributed by atoms with Gasteiger partial charge in [-0.3, -0.25) is 4.79 Å². The number of hydrogen-bond acceptors (Lipinski definition) is 4. The predicted molar refractivity (Wildman–Crippen MR) is 97.9 cm³/mol. The van der Waals surface area contributed by atoms with Crippen LogP contribution in [0, 0.1) is 6.92 Å². The Morgan fingerprint density at radius 3 is 2.56 bits per heavy atom. The van der Waals surface area contributed by atoms with E-state index in [1.54, 1.807) is 7.11 Å². The van der Waals surface area contributed by atoms with Crippen molar-refractivity contribution in [1.29, 1.82) is 0 Å². The van der Waals surface area contributed by atoms with E-state index in [2.05, 4.69) is 5.32 Å². The van der Waals surface area contributed by atoms with Gasteiger partial charge in [0, 0.05) is 13.1 Å². The molecular formula is C20H24N2O3. The van der Waals surface area contributed by atoms with Crippen LogP contribution in [0.2, 0.25) is 0 Å². The van der Waals surface area contributed by atoms with Crippen molar-refractivity contribution in [2.45, 2.75) is 13.0 Å². The third kappa shape index (κ3) is 4.12. The highest BCUT2D eigenvalue weighted by Crippen LogP contribution is 2.30. The van der Waals surface area contributed by atoms with Crippen LogP contribution in [0.25, 0.3) is 0 Å². The van der Waals surface area contributed by atoms with Crippen LogP contribution >= 0.6 is 0 Å². The van der Waals surface area contributed by atoms with E-state index in [1.807, 2.05) is 60.4 Å². The summed E-state index contributed by atoms with van der Waals surface area (Å²) in [5.74, 6) is 0.777. The van der Waals surface area contributed by atoms with Gasteiger partial charge in [-0.25, -0.2) is 0 Å². The summed E-state index contributed by atoms with van der Waals surface area (Å²) in [5, 5.41) is 3.40. The quantitative estimate of drug-likeness (QED) is 0.909. The molecule has 0 spiro atoms. The number of nitrogens with one attached hydrogen (secondary N) is 1. The summed E-state index contributed by atoms with van der Waals surface area (Å²) in [6.45, 7) is 4.43. The largest absolute Gasteiger partial charge is 0.495 e. The second kappa shape index (κ2) is 8.03. The van der Waals surface area contributed by atoms with Crippen molar-refractivity contribution in [2.24, 2.45) is 0 Å². The average molecular weight is 340 g/mol. The Morgan fingerprint density at radius 1 is 1.16 bits per heavy atom. The zero-order valence-corrected chi connectivity index (χ0v) is 14.7. The minimum atomic E-state index is -0.463. The van der Waals surface area contributed by atoms with E-state index < -0.39 is 6.04 Å². The van der Waals surface area contributed by atoms with Crippen LogP contribution in [0.5, 0.6) is 5.75 Å². The van der Waals surface area contributed by atoms with Crippen molar-refractivity contribution in [3.05, 3.63) is 59.7 Å². The molecule has 1 saturated heterocycles. The number of methoxy groups -OCH3 is 1. The summed E-state index contributed by atoms with van der Waals surface area (Å²) in [7, 11) is 1.64. The van der Waals surface area contributed by atoms with Crippen molar-refractivity contribution in [3.8, 4) is 5.75 Å². The number of ether oxygens (including phenoxy) is 2. The molecule has 1 N–H and O–H groups in total. The number of aryl methyl sites for hydroxylation is 1. The number of carbonyl (C=O) groups is 1. The van der Waals surface area contributed by atoms with Gasteiger partial charge in [-0.1, -0.05) is 36.4 Å².